The molecule has 0 atom stereocenters. The summed E-state index contributed by atoms with van der Waals surface area (Å²) in [7, 11) is 0. The second-order valence-corrected chi connectivity index (χ2v) is 2.76. The van der Waals surface area contributed by atoms with Crippen molar-refractivity contribution in [2.45, 2.75) is 19.8 Å². The molecule has 0 aliphatic carbocycles. The van der Waals surface area contributed by atoms with Crippen molar-refractivity contribution >= 4 is 11.6 Å². The zero-order valence-corrected chi connectivity index (χ0v) is 7.53. The van der Waals surface area contributed by atoms with Crippen LogP contribution in [0.1, 0.15) is 19.8 Å². The molecule has 0 saturated heterocycles. The van der Waals surface area contributed by atoms with E-state index < -0.39 is 5.91 Å². The molecular formula is C10H12FNO. The van der Waals surface area contributed by atoms with E-state index in [9.17, 15) is 9.28 Å². The number of hydrogen-bond donors (Lipinski definition) is 0. The minimum Gasteiger partial charge on any atom is -0.272 e. The standard InChI is InChI=1S/C10H12FNO/c1-2-6-10(13)12(11)9-7-4-3-5-8-9/h3-5,7-8H,2,6H2,1H3. The van der Waals surface area contributed by atoms with Crippen molar-refractivity contribution in [2.75, 3.05) is 5.12 Å². The highest BCUT2D eigenvalue weighted by Gasteiger charge is 2.12. The minimum absolute atomic E-state index is 0.198. The predicted octanol–water partition coefficient (Wildman–Crippen LogP) is 2.70. The number of benzene rings is 1. The summed E-state index contributed by atoms with van der Waals surface area (Å²) >= 11 is 0. The quantitative estimate of drug-likeness (QED) is 0.656. The van der Waals surface area contributed by atoms with Gasteiger partial charge in [-0.2, -0.15) is 0 Å². The fourth-order valence-electron chi connectivity index (χ4n) is 1.01. The van der Waals surface area contributed by atoms with Gasteiger partial charge in [0, 0.05) is 6.42 Å². The van der Waals surface area contributed by atoms with Gasteiger partial charge in [0.15, 0.2) is 0 Å². The van der Waals surface area contributed by atoms with E-state index in [2.05, 4.69) is 0 Å². The first kappa shape index (κ1) is 9.71. The molecule has 0 aliphatic heterocycles. The van der Waals surface area contributed by atoms with Gasteiger partial charge < -0.3 is 0 Å². The average molecular weight is 181 g/mol. The lowest BCUT2D eigenvalue weighted by molar-refractivity contribution is -0.121. The van der Waals surface area contributed by atoms with E-state index in [-0.39, 0.29) is 11.5 Å². The number of rotatable bonds is 3. The van der Waals surface area contributed by atoms with Gasteiger partial charge in [-0.3, -0.25) is 4.79 Å². The van der Waals surface area contributed by atoms with E-state index in [1.165, 1.54) is 0 Å². The number of carbonyl (C=O) groups excluding carboxylic acids is 1. The number of anilines is 1. The fraction of sp³-hybridized carbons (Fsp3) is 0.300. The maximum Gasteiger partial charge on any atom is 0.254 e. The number of carbonyl (C=O) groups is 1. The van der Waals surface area contributed by atoms with E-state index in [4.69, 9.17) is 0 Å². The Morgan fingerprint density at radius 1 is 1.38 bits per heavy atom. The maximum atomic E-state index is 13.2. The Morgan fingerprint density at radius 2 is 2.00 bits per heavy atom. The van der Waals surface area contributed by atoms with E-state index >= 15 is 0 Å². The van der Waals surface area contributed by atoms with Gasteiger partial charge in [0.1, 0.15) is 0 Å². The Labute approximate surface area is 76.9 Å². The van der Waals surface area contributed by atoms with Crippen LogP contribution in [0.4, 0.5) is 10.2 Å². The molecule has 0 heterocycles. The largest absolute Gasteiger partial charge is 0.272 e. The molecule has 3 heteroatoms. The SMILES string of the molecule is CCCC(=O)N(F)c1ccccc1. The van der Waals surface area contributed by atoms with E-state index in [0.717, 1.165) is 0 Å². The van der Waals surface area contributed by atoms with Crippen molar-refractivity contribution in [3.63, 3.8) is 0 Å². The van der Waals surface area contributed by atoms with Crippen molar-refractivity contribution in [3.8, 4) is 0 Å². The molecule has 0 radical (unpaired) electrons. The van der Waals surface area contributed by atoms with Crippen LogP contribution in [-0.2, 0) is 4.79 Å². The van der Waals surface area contributed by atoms with Crippen molar-refractivity contribution in [1.29, 1.82) is 0 Å². The molecule has 70 valence electrons. The molecule has 1 rings (SSSR count). The number of amides is 1. The first-order valence-electron chi connectivity index (χ1n) is 4.29. The van der Waals surface area contributed by atoms with Crippen LogP contribution in [0, 0.1) is 0 Å². The monoisotopic (exact) mass is 181 g/mol. The molecule has 0 saturated carbocycles. The van der Waals surface area contributed by atoms with Gasteiger partial charge in [0.2, 0.25) is 0 Å². The Kier molecular flexibility index (Phi) is 3.43. The Morgan fingerprint density at radius 3 is 2.54 bits per heavy atom. The number of halogens is 1. The van der Waals surface area contributed by atoms with Crippen LogP contribution < -0.4 is 5.12 Å². The molecule has 0 spiro atoms. The first-order valence-corrected chi connectivity index (χ1v) is 4.29. The molecule has 0 bridgehead atoms. The van der Waals surface area contributed by atoms with Crippen LogP contribution in [0.2, 0.25) is 0 Å². The lowest BCUT2D eigenvalue weighted by Gasteiger charge is -2.10. The van der Waals surface area contributed by atoms with Gasteiger partial charge in [-0.05, 0) is 18.6 Å². The summed E-state index contributed by atoms with van der Waals surface area (Å²) < 4.78 is 13.2. The number of para-hydroxylation sites is 1. The Balaban J connectivity index is 2.68. The zero-order chi connectivity index (χ0) is 9.68. The highest BCUT2D eigenvalue weighted by atomic mass is 19.2. The molecule has 2 nitrogen and oxygen atoms in total. The third-order valence-corrected chi connectivity index (χ3v) is 1.67. The van der Waals surface area contributed by atoms with Crippen molar-refractivity contribution in [1.82, 2.24) is 0 Å². The molecule has 1 aromatic rings. The number of nitrogens with zero attached hydrogens (tertiary/aromatic N) is 1. The lowest BCUT2D eigenvalue weighted by Crippen LogP contribution is -2.20. The zero-order valence-electron chi connectivity index (χ0n) is 7.53. The predicted molar refractivity (Wildman–Crippen MR) is 49.9 cm³/mol. The van der Waals surface area contributed by atoms with Crippen molar-refractivity contribution in [3.05, 3.63) is 30.3 Å². The molecule has 0 unspecified atom stereocenters. The molecule has 1 amide bonds. The number of hydrogen-bond acceptors (Lipinski definition) is 1. The summed E-state index contributed by atoms with van der Waals surface area (Å²) in [5.41, 5.74) is 0.293. The molecule has 0 aromatic heterocycles. The van der Waals surface area contributed by atoms with Crippen LogP contribution in [0.3, 0.4) is 0 Å². The fourth-order valence-corrected chi connectivity index (χ4v) is 1.01. The molecule has 0 aliphatic rings. The first-order chi connectivity index (χ1) is 6.25. The van der Waals surface area contributed by atoms with Crippen LogP contribution in [0.25, 0.3) is 0 Å². The van der Waals surface area contributed by atoms with Gasteiger partial charge in [-0.1, -0.05) is 29.6 Å². The molecule has 13 heavy (non-hydrogen) atoms. The Bertz CT molecular complexity index is 274. The van der Waals surface area contributed by atoms with Crippen LogP contribution in [0.5, 0.6) is 0 Å². The van der Waals surface area contributed by atoms with Crippen LogP contribution in [-0.4, -0.2) is 5.91 Å². The average Bonchev–Trinajstić information content (AvgIpc) is 2.18. The summed E-state index contributed by atoms with van der Waals surface area (Å²) in [5, 5.41) is 0.198. The maximum absolute atomic E-state index is 13.2. The minimum atomic E-state index is -0.492. The van der Waals surface area contributed by atoms with Crippen molar-refractivity contribution < 1.29 is 9.28 Å². The smallest absolute Gasteiger partial charge is 0.254 e. The molecule has 0 fully saturated rings. The van der Waals surface area contributed by atoms with Crippen LogP contribution in [0.15, 0.2) is 30.3 Å². The van der Waals surface area contributed by atoms with E-state index in [1.54, 1.807) is 30.3 Å². The summed E-state index contributed by atoms with van der Waals surface area (Å²) in [5.74, 6) is -0.492. The topological polar surface area (TPSA) is 20.3 Å². The third kappa shape index (κ3) is 2.54. The molecule has 1 aromatic carbocycles. The van der Waals surface area contributed by atoms with Gasteiger partial charge in [0.05, 0.1) is 5.69 Å². The summed E-state index contributed by atoms with van der Waals surface area (Å²) in [4.78, 5) is 11.1. The summed E-state index contributed by atoms with van der Waals surface area (Å²) in [6.07, 6.45) is 0.900. The normalized spacial score (nSPS) is 9.69. The highest BCUT2D eigenvalue weighted by Crippen LogP contribution is 2.14. The van der Waals surface area contributed by atoms with Crippen LogP contribution >= 0.6 is 0 Å². The third-order valence-electron chi connectivity index (χ3n) is 1.67. The second kappa shape index (κ2) is 4.60. The van der Waals surface area contributed by atoms with Crippen molar-refractivity contribution in [2.24, 2.45) is 0 Å². The lowest BCUT2D eigenvalue weighted by atomic mass is 10.3. The van der Waals surface area contributed by atoms with Gasteiger partial charge in [0.25, 0.3) is 5.91 Å². The molecular weight excluding hydrogens is 169 g/mol. The highest BCUT2D eigenvalue weighted by molar-refractivity contribution is 5.90. The van der Waals surface area contributed by atoms with Gasteiger partial charge >= 0.3 is 0 Å². The summed E-state index contributed by atoms with van der Waals surface area (Å²) in [6.45, 7) is 1.84. The van der Waals surface area contributed by atoms with E-state index in [1.807, 2.05) is 6.92 Å². The summed E-state index contributed by atoms with van der Waals surface area (Å²) in [6, 6.07) is 8.30. The van der Waals surface area contributed by atoms with Gasteiger partial charge in [-0.25, -0.2) is 0 Å². The second-order valence-electron chi connectivity index (χ2n) is 2.76. The Hall–Kier alpha value is -1.38. The van der Waals surface area contributed by atoms with E-state index in [0.29, 0.717) is 12.1 Å². The van der Waals surface area contributed by atoms with Gasteiger partial charge in [-0.15, -0.1) is 5.12 Å². The molecule has 0 N–H and O–H groups in total.